The van der Waals surface area contributed by atoms with Gasteiger partial charge in [-0.15, -0.1) is 0 Å². The lowest BCUT2D eigenvalue weighted by molar-refractivity contribution is -0.123. The molecule has 1 N–H and O–H groups in total. The van der Waals surface area contributed by atoms with E-state index in [1.54, 1.807) is 23.1 Å². The minimum Gasteiger partial charge on any atom is -0.347 e. The summed E-state index contributed by atoms with van der Waals surface area (Å²) in [4.78, 5) is 24.5. The predicted octanol–water partition coefficient (Wildman–Crippen LogP) is 1.19. The number of carbonyl (C=O) groups is 2. The van der Waals surface area contributed by atoms with Crippen LogP contribution in [-0.4, -0.2) is 24.9 Å². The Labute approximate surface area is 98.2 Å². The average molecular weight is 239 g/mol. The molecule has 0 atom stereocenters. The lowest BCUT2D eigenvalue weighted by Gasteiger charge is -2.20. The second-order valence-corrected chi connectivity index (χ2v) is 3.93. The summed E-state index contributed by atoms with van der Waals surface area (Å²) in [6, 6.07) is 7.12. The minimum absolute atomic E-state index is 0.0318. The Hall–Kier alpha value is -1.55. The van der Waals surface area contributed by atoms with Gasteiger partial charge in [-0.1, -0.05) is 23.7 Å². The Balaban J connectivity index is 2.29. The molecule has 0 saturated carbocycles. The van der Waals surface area contributed by atoms with E-state index >= 15 is 0 Å². The second kappa shape index (κ2) is 4.53. The molecule has 0 aromatic heterocycles. The van der Waals surface area contributed by atoms with Crippen LogP contribution in [0.5, 0.6) is 0 Å². The molecular formula is C11H11ClN2O2. The number of nitrogens with one attached hydrogen (secondary N) is 1. The summed E-state index contributed by atoms with van der Waals surface area (Å²) >= 11 is 6.01. The number of rotatable bonds is 1. The first-order chi connectivity index (χ1) is 7.68. The number of hydrogen-bond acceptors (Lipinski definition) is 2. The molecule has 16 heavy (non-hydrogen) atoms. The molecule has 0 aliphatic carbocycles. The van der Waals surface area contributed by atoms with Crippen LogP contribution in [0.4, 0.5) is 5.69 Å². The molecule has 1 aliphatic rings. The summed E-state index contributed by atoms with van der Waals surface area (Å²) in [7, 11) is 0. The highest BCUT2D eigenvalue weighted by molar-refractivity contribution is 6.33. The Morgan fingerprint density at radius 1 is 1.25 bits per heavy atom. The van der Waals surface area contributed by atoms with Crippen molar-refractivity contribution in [1.82, 2.24) is 5.32 Å². The van der Waals surface area contributed by atoms with E-state index in [4.69, 9.17) is 11.6 Å². The quantitative estimate of drug-likeness (QED) is 0.799. The van der Waals surface area contributed by atoms with Crippen molar-refractivity contribution in [2.45, 2.75) is 6.42 Å². The standard InChI is InChI=1S/C11H11ClN2O2/c12-8-3-1-2-4-9(8)14-6-5-10(15)13-7-11(14)16/h1-4H,5-7H2,(H,13,15). The van der Waals surface area contributed by atoms with Gasteiger partial charge in [-0.25, -0.2) is 0 Å². The Kier molecular flexibility index (Phi) is 3.10. The van der Waals surface area contributed by atoms with Crippen LogP contribution in [0.1, 0.15) is 6.42 Å². The maximum Gasteiger partial charge on any atom is 0.246 e. The molecule has 5 heteroatoms. The van der Waals surface area contributed by atoms with E-state index in [2.05, 4.69) is 5.32 Å². The fraction of sp³-hybridized carbons (Fsp3) is 0.273. The number of carbonyl (C=O) groups excluding carboxylic acids is 2. The maximum atomic E-state index is 11.8. The van der Waals surface area contributed by atoms with Crippen molar-refractivity contribution in [3.05, 3.63) is 29.3 Å². The number of amides is 2. The molecule has 4 nitrogen and oxygen atoms in total. The second-order valence-electron chi connectivity index (χ2n) is 3.52. The van der Waals surface area contributed by atoms with E-state index < -0.39 is 0 Å². The first kappa shape index (κ1) is 11.0. The molecule has 0 bridgehead atoms. The predicted molar refractivity (Wildman–Crippen MR) is 61.4 cm³/mol. The molecule has 0 unspecified atom stereocenters. The van der Waals surface area contributed by atoms with Gasteiger partial charge in [0.15, 0.2) is 0 Å². The zero-order valence-corrected chi connectivity index (χ0v) is 9.33. The number of anilines is 1. The number of nitrogens with zero attached hydrogens (tertiary/aromatic N) is 1. The van der Waals surface area contributed by atoms with E-state index in [1.165, 1.54) is 0 Å². The molecule has 1 heterocycles. The third-order valence-corrected chi connectivity index (χ3v) is 2.76. The van der Waals surface area contributed by atoms with Gasteiger partial charge in [-0.2, -0.15) is 0 Å². The highest BCUT2D eigenvalue weighted by Gasteiger charge is 2.22. The fourth-order valence-electron chi connectivity index (χ4n) is 1.62. The van der Waals surface area contributed by atoms with Gasteiger partial charge in [-0.3, -0.25) is 9.59 Å². The van der Waals surface area contributed by atoms with E-state index in [0.717, 1.165) is 0 Å². The molecule has 1 saturated heterocycles. The molecule has 0 radical (unpaired) electrons. The lowest BCUT2D eigenvalue weighted by Crippen LogP contribution is -2.35. The smallest absolute Gasteiger partial charge is 0.246 e. The Morgan fingerprint density at radius 3 is 2.75 bits per heavy atom. The topological polar surface area (TPSA) is 49.4 Å². The van der Waals surface area contributed by atoms with Gasteiger partial charge in [0.1, 0.15) is 0 Å². The molecule has 0 spiro atoms. The summed E-state index contributed by atoms with van der Waals surface area (Å²) in [6.45, 7) is 0.401. The largest absolute Gasteiger partial charge is 0.347 e. The van der Waals surface area contributed by atoms with Gasteiger partial charge in [0.25, 0.3) is 0 Å². The van der Waals surface area contributed by atoms with Crippen molar-refractivity contribution < 1.29 is 9.59 Å². The van der Waals surface area contributed by atoms with Gasteiger partial charge < -0.3 is 10.2 Å². The molecule has 1 fully saturated rings. The Morgan fingerprint density at radius 2 is 2.00 bits per heavy atom. The van der Waals surface area contributed by atoms with Crippen LogP contribution in [0.15, 0.2) is 24.3 Å². The number of halogens is 1. The van der Waals surface area contributed by atoms with Crippen molar-refractivity contribution in [2.24, 2.45) is 0 Å². The summed E-state index contributed by atoms with van der Waals surface area (Å²) in [6.07, 6.45) is 0.303. The van der Waals surface area contributed by atoms with Crippen LogP contribution < -0.4 is 10.2 Å². The highest BCUT2D eigenvalue weighted by atomic mass is 35.5. The fourth-order valence-corrected chi connectivity index (χ4v) is 1.86. The van der Waals surface area contributed by atoms with Gasteiger partial charge in [0, 0.05) is 13.0 Å². The maximum absolute atomic E-state index is 11.8. The first-order valence-electron chi connectivity index (χ1n) is 5.00. The summed E-state index contributed by atoms with van der Waals surface area (Å²) < 4.78 is 0. The summed E-state index contributed by atoms with van der Waals surface area (Å²) in [5, 5.41) is 3.06. The van der Waals surface area contributed by atoms with Crippen LogP contribution in [0.3, 0.4) is 0 Å². The summed E-state index contributed by atoms with van der Waals surface area (Å²) in [5.41, 5.74) is 0.658. The van der Waals surface area contributed by atoms with Crippen LogP contribution in [0, 0.1) is 0 Å². The zero-order valence-electron chi connectivity index (χ0n) is 8.57. The number of benzene rings is 1. The van der Waals surface area contributed by atoms with Gasteiger partial charge in [0.05, 0.1) is 17.3 Å². The normalized spacial score (nSPS) is 16.9. The zero-order chi connectivity index (χ0) is 11.5. The molecule has 1 aliphatic heterocycles. The molecular weight excluding hydrogens is 228 g/mol. The highest BCUT2D eigenvalue weighted by Crippen LogP contribution is 2.25. The molecule has 2 rings (SSSR count). The van der Waals surface area contributed by atoms with Crippen molar-refractivity contribution in [3.8, 4) is 0 Å². The molecule has 1 aromatic rings. The van der Waals surface area contributed by atoms with E-state index in [1.807, 2.05) is 6.07 Å². The van der Waals surface area contributed by atoms with E-state index in [-0.39, 0.29) is 18.4 Å². The Bertz CT molecular complexity index is 434. The van der Waals surface area contributed by atoms with Crippen molar-refractivity contribution in [3.63, 3.8) is 0 Å². The SMILES string of the molecule is O=C1CCN(c2ccccc2Cl)C(=O)CN1. The minimum atomic E-state index is -0.140. The van der Waals surface area contributed by atoms with Crippen LogP contribution >= 0.6 is 11.6 Å². The van der Waals surface area contributed by atoms with Crippen LogP contribution in [0.2, 0.25) is 5.02 Å². The van der Waals surface area contributed by atoms with Crippen LogP contribution in [0.25, 0.3) is 0 Å². The van der Waals surface area contributed by atoms with Gasteiger partial charge in [-0.05, 0) is 12.1 Å². The van der Waals surface area contributed by atoms with E-state index in [9.17, 15) is 9.59 Å². The van der Waals surface area contributed by atoms with Crippen molar-refractivity contribution in [1.29, 1.82) is 0 Å². The third kappa shape index (κ3) is 2.17. The first-order valence-corrected chi connectivity index (χ1v) is 5.38. The number of hydrogen-bond donors (Lipinski definition) is 1. The monoisotopic (exact) mass is 238 g/mol. The number of para-hydroxylation sites is 1. The van der Waals surface area contributed by atoms with Gasteiger partial charge in [0.2, 0.25) is 11.8 Å². The molecule has 1 aromatic carbocycles. The van der Waals surface area contributed by atoms with Crippen molar-refractivity contribution in [2.75, 3.05) is 18.0 Å². The summed E-state index contributed by atoms with van der Waals surface area (Å²) in [5.74, 6) is -0.248. The van der Waals surface area contributed by atoms with E-state index in [0.29, 0.717) is 23.7 Å². The molecule has 84 valence electrons. The van der Waals surface area contributed by atoms with Crippen molar-refractivity contribution >= 4 is 29.1 Å². The van der Waals surface area contributed by atoms with Gasteiger partial charge >= 0.3 is 0 Å². The average Bonchev–Trinajstić information content (AvgIpc) is 2.43. The lowest BCUT2D eigenvalue weighted by atomic mass is 10.2. The van der Waals surface area contributed by atoms with Crippen LogP contribution in [-0.2, 0) is 9.59 Å². The third-order valence-electron chi connectivity index (χ3n) is 2.44. The molecule has 2 amide bonds.